The van der Waals surface area contributed by atoms with Gasteiger partial charge in [0.15, 0.2) is 0 Å². The van der Waals surface area contributed by atoms with Crippen LogP contribution in [0.3, 0.4) is 0 Å². The zero-order valence-electron chi connectivity index (χ0n) is 10.2. The minimum atomic E-state index is -0.992. The number of benzene rings is 1. The largest absolute Gasteiger partial charge is 0.493 e. The van der Waals surface area contributed by atoms with Crippen LogP contribution in [-0.2, 0) is 0 Å². The van der Waals surface area contributed by atoms with Gasteiger partial charge in [-0.15, -0.1) is 0 Å². The van der Waals surface area contributed by atoms with E-state index in [0.29, 0.717) is 24.7 Å². The summed E-state index contributed by atoms with van der Waals surface area (Å²) in [5.74, 6) is 0.00876. The number of ether oxygens (including phenoxy) is 2. The minimum Gasteiger partial charge on any atom is -0.493 e. The van der Waals surface area contributed by atoms with Crippen LogP contribution in [0.4, 0.5) is 0 Å². The lowest BCUT2D eigenvalue weighted by atomic mass is 10.2. The summed E-state index contributed by atoms with van der Waals surface area (Å²) in [7, 11) is 0. The molecule has 0 aliphatic heterocycles. The summed E-state index contributed by atoms with van der Waals surface area (Å²) < 4.78 is 10.8. The number of hydrogen-bond donors (Lipinski definition) is 1. The predicted octanol–water partition coefficient (Wildman–Crippen LogP) is 2.96. The van der Waals surface area contributed by atoms with E-state index in [4.69, 9.17) is 14.6 Å². The van der Waals surface area contributed by atoms with E-state index in [1.165, 1.54) is 6.07 Å². The Kier molecular flexibility index (Phi) is 5.33. The zero-order valence-corrected chi connectivity index (χ0v) is 10.2. The Balaban J connectivity index is 2.81. The molecule has 94 valence electrons. The minimum absolute atomic E-state index is 0.162. The Labute approximate surface area is 101 Å². The molecule has 0 aliphatic carbocycles. The third-order valence-corrected chi connectivity index (χ3v) is 2.25. The Morgan fingerprint density at radius 2 is 2.06 bits per heavy atom. The van der Waals surface area contributed by atoms with E-state index < -0.39 is 5.97 Å². The second-order valence-corrected chi connectivity index (χ2v) is 3.60. The summed E-state index contributed by atoms with van der Waals surface area (Å²) in [5.41, 5.74) is 0.162. The second-order valence-electron chi connectivity index (χ2n) is 3.60. The van der Waals surface area contributed by atoms with Crippen molar-refractivity contribution in [2.24, 2.45) is 0 Å². The van der Waals surface area contributed by atoms with E-state index in [1.54, 1.807) is 12.1 Å². The van der Waals surface area contributed by atoms with Gasteiger partial charge in [-0.1, -0.05) is 13.3 Å². The Morgan fingerprint density at radius 1 is 1.29 bits per heavy atom. The third-order valence-electron chi connectivity index (χ3n) is 2.25. The third kappa shape index (κ3) is 3.98. The van der Waals surface area contributed by atoms with Crippen LogP contribution in [0, 0.1) is 0 Å². The van der Waals surface area contributed by atoms with E-state index in [2.05, 4.69) is 6.92 Å². The van der Waals surface area contributed by atoms with Gasteiger partial charge in [0, 0.05) is 6.07 Å². The van der Waals surface area contributed by atoms with Gasteiger partial charge in [-0.25, -0.2) is 4.79 Å². The smallest absolute Gasteiger partial charge is 0.339 e. The van der Waals surface area contributed by atoms with Gasteiger partial charge in [-0.3, -0.25) is 0 Å². The molecule has 0 saturated heterocycles. The van der Waals surface area contributed by atoms with Crippen LogP contribution < -0.4 is 9.47 Å². The first-order chi connectivity index (χ1) is 8.19. The highest BCUT2D eigenvalue weighted by atomic mass is 16.5. The first kappa shape index (κ1) is 13.4. The molecule has 0 saturated carbocycles. The van der Waals surface area contributed by atoms with Crippen molar-refractivity contribution in [1.82, 2.24) is 0 Å². The average molecular weight is 238 g/mol. The molecule has 0 atom stereocenters. The lowest BCUT2D eigenvalue weighted by molar-refractivity contribution is 0.0692. The van der Waals surface area contributed by atoms with Crippen LogP contribution in [-0.4, -0.2) is 24.3 Å². The van der Waals surface area contributed by atoms with Gasteiger partial charge in [0.05, 0.1) is 13.2 Å². The molecule has 1 aromatic rings. The average Bonchev–Trinajstić information content (AvgIpc) is 2.30. The molecule has 0 spiro atoms. The van der Waals surface area contributed by atoms with Gasteiger partial charge in [0.1, 0.15) is 17.1 Å². The molecule has 0 unspecified atom stereocenters. The van der Waals surface area contributed by atoms with Crippen molar-refractivity contribution in [1.29, 1.82) is 0 Å². The van der Waals surface area contributed by atoms with Gasteiger partial charge >= 0.3 is 5.97 Å². The topological polar surface area (TPSA) is 55.8 Å². The van der Waals surface area contributed by atoms with Crippen molar-refractivity contribution in [2.45, 2.75) is 26.7 Å². The van der Waals surface area contributed by atoms with Crippen LogP contribution >= 0.6 is 0 Å². The maximum atomic E-state index is 10.9. The molecule has 17 heavy (non-hydrogen) atoms. The molecule has 0 aliphatic rings. The predicted molar refractivity (Wildman–Crippen MR) is 65.0 cm³/mol. The van der Waals surface area contributed by atoms with Crippen molar-refractivity contribution in [3.8, 4) is 11.5 Å². The molecule has 0 aromatic heterocycles. The number of carboxylic acids is 1. The van der Waals surface area contributed by atoms with E-state index >= 15 is 0 Å². The maximum Gasteiger partial charge on any atom is 0.339 e. The SMILES string of the molecule is CCCCOc1ccc(C(=O)O)c(OCC)c1. The molecule has 4 nitrogen and oxygen atoms in total. The standard InChI is InChI=1S/C13H18O4/c1-3-5-8-17-10-6-7-11(13(14)15)12(9-10)16-4-2/h6-7,9H,3-5,8H2,1-2H3,(H,14,15). The molecule has 0 amide bonds. The molecule has 1 rings (SSSR count). The van der Waals surface area contributed by atoms with E-state index in [9.17, 15) is 4.79 Å². The number of unbranched alkanes of at least 4 members (excludes halogenated alkanes) is 1. The van der Waals surface area contributed by atoms with E-state index in [-0.39, 0.29) is 5.56 Å². The first-order valence-corrected chi connectivity index (χ1v) is 5.82. The quantitative estimate of drug-likeness (QED) is 0.742. The molecule has 4 heteroatoms. The number of rotatable bonds is 7. The van der Waals surface area contributed by atoms with Crippen LogP contribution in [0.1, 0.15) is 37.0 Å². The molecular weight excluding hydrogens is 220 g/mol. The normalized spacial score (nSPS) is 10.0. The fourth-order valence-corrected chi connectivity index (χ4v) is 1.38. The number of aromatic carboxylic acids is 1. The Hall–Kier alpha value is -1.71. The summed E-state index contributed by atoms with van der Waals surface area (Å²) >= 11 is 0. The summed E-state index contributed by atoms with van der Waals surface area (Å²) in [6.07, 6.45) is 2.04. The summed E-state index contributed by atoms with van der Waals surface area (Å²) in [5, 5.41) is 8.98. The molecule has 0 bridgehead atoms. The van der Waals surface area contributed by atoms with Crippen molar-refractivity contribution >= 4 is 5.97 Å². The van der Waals surface area contributed by atoms with Gasteiger partial charge in [-0.2, -0.15) is 0 Å². The van der Waals surface area contributed by atoms with Gasteiger partial charge in [0.2, 0.25) is 0 Å². The highest BCUT2D eigenvalue weighted by Gasteiger charge is 2.12. The Bertz CT molecular complexity index is 374. The van der Waals surface area contributed by atoms with Gasteiger partial charge < -0.3 is 14.6 Å². The van der Waals surface area contributed by atoms with Crippen molar-refractivity contribution in [3.63, 3.8) is 0 Å². The summed E-state index contributed by atoms with van der Waals surface area (Å²) in [4.78, 5) is 10.9. The number of hydrogen-bond acceptors (Lipinski definition) is 3. The van der Waals surface area contributed by atoms with Crippen LogP contribution in [0.25, 0.3) is 0 Å². The zero-order chi connectivity index (χ0) is 12.7. The monoisotopic (exact) mass is 238 g/mol. The Morgan fingerprint density at radius 3 is 2.65 bits per heavy atom. The van der Waals surface area contributed by atoms with Crippen LogP contribution in [0.2, 0.25) is 0 Å². The molecular formula is C13H18O4. The van der Waals surface area contributed by atoms with Gasteiger partial charge in [-0.05, 0) is 25.5 Å². The fraction of sp³-hybridized carbons (Fsp3) is 0.462. The molecule has 0 heterocycles. The van der Waals surface area contributed by atoms with Crippen LogP contribution in [0.15, 0.2) is 18.2 Å². The first-order valence-electron chi connectivity index (χ1n) is 5.82. The van der Waals surface area contributed by atoms with Crippen LogP contribution in [0.5, 0.6) is 11.5 Å². The lowest BCUT2D eigenvalue weighted by Crippen LogP contribution is -2.04. The molecule has 1 N–H and O–H groups in total. The van der Waals surface area contributed by atoms with Crippen molar-refractivity contribution < 1.29 is 19.4 Å². The molecule has 0 fully saturated rings. The fourth-order valence-electron chi connectivity index (χ4n) is 1.38. The maximum absolute atomic E-state index is 10.9. The highest BCUT2D eigenvalue weighted by Crippen LogP contribution is 2.25. The van der Waals surface area contributed by atoms with E-state index in [1.807, 2.05) is 6.92 Å². The number of carboxylic acid groups (broad SMARTS) is 1. The summed E-state index contributed by atoms with van der Waals surface area (Å²) in [6, 6.07) is 4.79. The molecule has 0 radical (unpaired) electrons. The van der Waals surface area contributed by atoms with Crippen molar-refractivity contribution in [3.05, 3.63) is 23.8 Å². The van der Waals surface area contributed by atoms with E-state index in [0.717, 1.165) is 12.8 Å². The lowest BCUT2D eigenvalue weighted by Gasteiger charge is -2.10. The van der Waals surface area contributed by atoms with Crippen molar-refractivity contribution in [2.75, 3.05) is 13.2 Å². The number of carbonyl (C=O) groups is 1. The van der Waals surface area contributed by atoms with Gasteiger partial charge in [0.25, 0.3) is 0 Å². The summed E-state index contributed by atoms with van der Waals surface area (Å²) in [6.45, 7) is 4.96. The highest BCUT2D eigenvalue weighted by molar-refractivity contribution is 5.91. The molecule has 1 aromatic carbocycles. The second kappa shape index (κ2) is 6.78.